The molecule has 0 aromatic carbocycles. The Labute approximate surface area is 93.6 Å². The van der Waals surface area contributed by atoms with Crippen molar-refractivity contribution in [3.05, 3.63) is 16.6 Å². The number of aromatic nitrogens is 2. The van der Waals surface area contributed by atoms with E-state index in [-0.39, 0.29) is 16.0 Å². The molecule has 0 radical (unpaired) electrons. The number of alkyl halides is 2. The number of nitrogens with zero attached hydrogens (tertiary/aromatic N) is 2. The zero-order valence-corrected chi connectivity index (χ0v) is 8.90. The highest BCUT2D eigenvalue weighted by Gasteiger charge is 2.33. The number of rotatable bonds is 2. The molecule has 0 aliphatic carbocycles. The van der Waals surface area contributed by atoms with Crippen molar-refractivity contribution in [3.63, 3.8) is 0 Å². The van der Waals surface area contributed by atoms with Gasteiger partial charge in [0.05, 0.1) is 0 Å². The number of amides is 1. The normalized spacial score (nSPS) is 11.3. The van der Waals surface area contributed by atoms with Gasteiger partial charge in [-0.05, 0) is 0 Å². The molecule has 0 atom stereocenters. The van der Waals surface area contributed by atoms with Crippen LogP contribution in [-0.2, 0) is 4.79 Å². The highest BCUT2D eigenvalue weighted by Crippen LogP contribution is 2.27. The molecule has 0 bridgehead atoms. The molecule has 1 aromatic rings. The van der Waals surface area contributed by atoms with Crippen molar-refractivity contribution in [3.8, 4) is 0 Å². The van der Waals surface area contributed by atoms with Crippen LogP contribution in [0.25, 0.3) is 0 Å². The van der Waals surface area contributed by atoms with Crippen molar-refractivity contribution >= 4 is 34.8 Å². The Morgan fingerprint density at radius 1 is 1.40 bits per heavy atom. The molecular weight excluding hydrogens is 251 g/mol. The fraction of sp³-hybridized carbons (Fsp3) is 0.286. The number of carbonyl (C=O) groups is 1. The Morgan fingerprint density at radius 2 is 1.87 bits per heavy atom. The summed E-state index contributed by atoms with van der Waals surface area (Å²) in [6, 6.07) is 0. The molecule has 0 unspecified atom stereocenters. The van der Waals surface area contributed by atoms with Gasteiger partial charge < -0.3 is 5.32 Å². The monoisotopic (exact) mass is 255 g/mol. The molecule has 1 aromatic heterocycles. The van der Waals surface area contributed by atoms with Crippen LogP contribution in [0.15, 0.2) is 6.33 Å². The second kappa shape index (κ2) is 4.24. The third kappa shape index (κ3) is 2.97. The van der Waals surface area contributed by atoms with Crippen molar-refractivity contribution in [1.82, 2.24) is 9.97 Å². The number of carbonyl (C=O) groups excluding carboxylic acids is 1. The van der Waals surface area contributed by atoms with Crippen LogP contribution in [0.3, 0.4) is 0 Å². The minimum absolute atomic E-state index is 0.201. The molecule has 0 fully saturated rings. The standard InChI is InChI=1S/C7H5Cl2F2N3O/c1-7(10,11)6(15)14-3-4(8)12-2-13-5(3)9/h2H,1H3,(H,14,15). The van der Waals surface area contributed by atoms with E-state index in [9.17, 15) is 13.6 Å². The van der Waals surface area contributed by atoms with Gasteiger partial charge >= 0.3 is 5.92 Å². The second-order valence-corrected chi connectivity index (χ2v) is 3.39. The van der Waals surface area contributed by atoms with Gasteiger partial charge in [-0.15, -0.1) is 0 Å². The largest absolute Gasteiger partial charge is 0.322 e. The molecule has 0 saturated carbocycles. The van der Waals surface area contributed by atoms with Crippen LogP contribution < -0.4 is 5.32 Å². The van der Waals surface area contributed by atoms with Crippen LogP contribution in [0, 0.1) is 0 Å². The average Bonchev–Trinajstić information content (AvgIpc) is 2.09. The first kappa shape index (κ1) is 12.1. The molecule has 0 aliphatic heterocycles. The summed E-state index contributed by atoms with van der Waals surface area (Å²) in [5, 5.41) is 1.44. The first-order valence-corrected chi connectivity index (χ1v) is 4.43. The minimum Gasteiger partial charge on any atom is -0.316 e. The SMILES string of the molecule is CC(F)(F)C(=O)Nc1c(Cl)ncnc1Cl. The van der Waals surface area contributed by atoms with Gasteiger partial charge in [-0.25, -0.2) is 9.97 Å². The average molecular weight is 256 g/mol. The van der Waals surface area contributed by atoms with Crippen molar-refractivity contribution in [1.29, 1.82) is 0 Å². The molecule has 1 heterocycles. The van der Waals surface area contributed by atoms with Crippen molar-refractivity contribution in [2.45, 2.75) is 12.8 Å². The smallest absolute Gasteiger partial charge is 0.316 e. The quantitative estimate of drug-likeness (QED) is 0.826. The lowest BCUT2D eigenvalue weighted by molar-refractivity contribution is -0.137. The zero-order valence-electron chi connectivity index (χ0n) is 7.39. The highest BCUT2D eigenvalue weighted by atomic mass is 35.5. The molecule has 0 aliphatic rings. The van der Waals surface area contributed by atoms with Crippen molar-refractivity contribution in [2.24, 2.45) is 0 Å². The van der Waals surface area contributed by atoms with E-state index in [2.05, 4.69) is 9.97 Å². The third-order valence-electron chi connectivity index (χ3n) is 1.39. The molecule has 1 amide bonds. The maximum Gasteiger partial charge on any atom is 0.322 e. The summed E-state index contributed by atoms with van der Waals surface area (Å²) in [5.74, 6) is -5.05. The lowest BCUT2D eigenvalue weighted by atomic mass is 10.3. The maximum absolute atomic E-state index is 12.5. The van der Waals surface area contributed by atoms with Crippen LogP contribution in [-0.4, -0.2) is 21.8 Å². The van der Waals surface area contributed by atoms with Gasteiger partial charge in [0, 0.05) is 6.92 Å². The Bertz CT molecular complexity index is 374. The first-order chi connectivity index (χ1) is 6.82. The van der Waals surface area contributed by atoms with Gasteiger partial charge in [-0.2, -0.15) is 8.78 Å². The predicted octanol–water partition coefficient (Wildman–Crippen LogP) is 2.38. The summed E-state index contributed by atoms with van der Waals surface area (Å²) in [6.45, 7) is 0.452. The molecule has 0 spiro atoms. The molecule has 15 heavy (non-hydrogen) atoms. The Morgan fingerprint density at radius 3 is 2.27 bits per heavy atom. The van der Waals surface area contributed by atoms with Gasteiger partial charge in [0.25, 0.3) is 5.91 Å². The summed E-state index contributed by atoms with van der Waals surface area (Å²) < 4.78 is 25.1. The van der Waals surface area contributed by atoms with E-state index in [1.54, 1.807) is 0 Å². The van der Waals surface area contributed by atoms with E-state index in [1.807, 2.05) is 5.32 Å². The molecule has 4 nitrogen and oxygen atoms in total. The van der Waals surface area contributed by atoms with Gasteiger partial charge in [0.2, 0.25) is 0 Å². The van der Waals surface area contributed by atoms with Crippen LogP contribution in [0.2, 0.25) is 10.3 Å². The van der Waals surface area contributed by atoms with Crippen LogP contribution in [0.4, 0.5) is 14.5 Å². The van der Waals surface area contributed by atoms with E-state index in [4.69, 9.17) is 23.2 Å². The maximum atomic E-state index is 12.5. The highest BCUT2D eigenvalue weighted by molar-refractivity contribution is 6.38. The second-order valence-electron chi connectivity index (χ2n) is 2.67. The molecular formula is C7H5Cl2F2N3O. The van der Waals surface area contributed by atoms with Crippen LogP contribution >= 0.6 is 23.2 Å². The molecule has 82 valence electrons. The Balaban J connectivity index is 2.95. The van der Waals surface area contributed by atoms with E-state index >= 15 is 0 Å². The number of hydrogen-bond donors (Lipinski definition) is 1. The molecule has 1 N–H and O–H groups in total. The summed E-state index contributed by atoms with van der Waals surface area (Å²) in [5.41, 5.74) is -0.229. The van der Waals surface area contributed by atoms with Crippen molar-refractivity contribution < 1.29 is 13.6 Å². The molecule has 0 saturated heterocycles. The summed E-state index contributed by atoms with van der Waals surface area (Å²) in [6.07, 6.45) is 1.05. The number of anilines is 1. The third-order valence-corrected chi connectivity index (χ3v) is 1.97. The Kier molecular flexibility index (Phi) is 3.41. The number of nitrogens with one attached hydrogen (secondary N) is 1. The topological polar surface area (TPSA) is 54.9 Å². The van der Waals surface area contributed by atoms with Gasteiger partial charge in [0.15, 0.2) is 10.3 Å². The lowest BCUT2D eigenvalue weighted by Gasteiger charge is -2.11. The fourth-order valence-electron chi connectivity index (χ4n) is 0.671. The van der Waals surface area contributed by atoms with E-state index in [0.29, 0.717) is 6.92 Å². The van der Waals surface area contributed by atoms with Gasteiger partial charge in [-0.3, -0.25) is 4.79 Å². The Hall–Kier alpha value is -1.01. The molecule has 1 rings (SSSR count). The van der Waals surface area contributed by atoms with Crippen LogP contribution in [0.1, 0.15) is 6.92 Å². The molecule has 8 heteroatoms. The minimum atomic E-state index is -3.53. The fourth-order valence-corrected chi connectivity index (χ4v) is 1.08. The zero-order chi connectivity index (χ0) is 11.6. The predicted molar refractivity (Wildman–Crippen MR) is 51.3 cm³/mol. The lowest BCUT2D eigenvalue weighted by Crippen LogP contribution is -2.31. The van der Waals surface area contributed by atoms with E-state index < -0.39 is 11.8 Å². The van der Waals surface area contributed by atoms with E-state index in [0.717, 1.165) is 6.33 Å². The van der Waals surface area contributed by atoms with Crippen LogP contribution in [0.5, 0.6) is 0 Å². The summed E-state index contributed by atoms with van der Waals surface area (Å²) in [7, 11) is 0. The van der Waals surface area contributed by atoms with E-state index in [1.165, 1.54) is 0 Å². The number of hydrogen-bond acceptors (Lipinski definition) is 3. The first-order valence-electron chi connectivity index (χ1n) is 3.67. The van der Waals surface area contributed by atoms with Gasteiger partial charge in [0.1, 0.15) is 12.0 Å². The summed E-state index contributed by atoms with van der Waals surface area (Å²) in [4.78, 5) is 17.9. The van der Waals surface area contributed by atoms with Gasteiger partial charge in [-0.1, -0.05) is 23.2 Å². The van der Waals surface area contributed by atoms with Crippen molar-refractivity contribution in [2.75, 3.05) is 5.32 Å². The number of halogens is 4. The summed E-state index contributed by atoms with van der Waals surface area (Å²) >= 11 is 11.1.